The Hall–Kier alpha value is -3.20. The second-order valence-corrected chi connectivity index (χ2v) is 8.76. The molecule has 0 atom stereocenters. The molecule has 0 aliphatic carbocycles. The summed E-state index contributed by atoms with van der Waals surface area (Å²) in [7, 11) is 3.13. The van der Waals surface area contributed by atoms with Crippen LogP contribution in [0, 0.1) is 0 Å². The van der Waals surface area contributed by atoms with Crippen molar-refractivity contribution in [3.8, 4) is 11.5 Å². The zero-order valence-electron chi connectivity index (χ0n) is 18.2. The Morgan fingerprint density at radius 3 is 2.65 bits per heavy atom. The van der Waals surface area contributed by atoms with Crippen LogP contribution in [0.15, 0.2) is 74.3 Å². The van der Waals surface area contributed by atoms with Crippen molar-refractivity contribution in [1.29, 1.82) is 0 Å². The molecule has 0 radical (unpaired) electrons. The average molecular weight is 516 g/mol. The van der Waals surface area contributed by atoms with Crippen LogP contribution < -0.4 is 9.47 Å². The van der Waals surface area contributed by atoms with Crippen LogP contribution in [0.5, 0.6) is 11.5 Å². The minimum absolute atomic E-state index is 0.212. The number of benzene rings is 2. The molecular weight excluding hydrogens is 497 g/mol. The highest BCUT2D eigenvalue weighted by molar-refractivity contribution is 8.18. The fraction of sp³-hybridized carbons (Fsp3) is 0.125. The van der Waals surface area contributed by atoms with Crippen molar-refractivity contribution in [2.24, 2.45) is 10.2 Å². The molecule has 0 N–H and O–H groups in total. The molecule has 3 aromatic rings. The van der Waals surface area contributed by atoms with Crippen molar-refractivity contribution in [2.45, 2.75) is 6.54 Å². The van der Waals surface area contributed by atoms with E-state index in [1.54, 1.807) is 75.2 Å². The summed E-state index contributed by atoms with van der Waals surface area (Å²) in [5.74, 6) is 1.57. The van der Waals surface area contributed by atoms with Gasteiger partial charge in [-0.15, -0.1) is 5.10 Å². The smallest absolute Gasteiger partial charge is 0.267 e. The van der Waals surface area contributed by atoms with Gasteiger partial charge in [0.15, 0.2) is 16.7 Å². The predicted molar refractivity (Wildman–Crippen MR) is 136 cm³/mol. The van der Waals surface area contributed by atoms with Gasteiger partial charge in [0.2, 0.25) is 0 Å². The van der Waals surface area contributed by atoms with Crippen LogP contribution in [-0.2, 0) is 11.3 Å². The first-order valence-electron chi connectivity index (χ1n) is 10.0. The van der Waals surface area contributed by atoms with E-state index in [4.69, 9.17) is 37.1 Å². The van der Waals surface area contributed by atoms with E-state index in [1.807, 2.05) is 6.07 Å². The van der Waals surface area contributed by atoms with Crippen LogP contribution in [0.4, 0.5) is 0 Å². The number of carbonyl (C=O) groups excluding carboxylic acids is 1. The third-order valence-corrected chi connectivity index (χ3v) is 6.64. The lowest BCUT2D eigenvalue weighted by Gasteiger charge is -2.12. The van der Waals surface area contributed by atoms with Gasteiger partial charge < -0.3 is 13.9 Å². The highest BCUT2D eigenvalue weighted by Crippen LogP contribution is 2.36. The van der Waals surface area contributed by atoms with E-state index >= 15 is 0 Å². The number of nitrogens with zero attached hydrogens (tertiary/aromatic N) is 3. The Kier molecular flexibility index (Phi) is 7.62. The SMILES string of the molecule is COc1ccc(/C=N\N=C2\S/C(=C\c3cccc(Cl)c3Cl)C(=O)N2Cc2ccco2)cc1OC. The number of carbonyl (C=O) groups is 1. The van der Waals surface area contributed by atoms with E-state index in [0.717, 1.165) is 5.56 Å². The zero-order chi connectivity index (χ0) is 24.1. The topological polar surface area (TPSA) is 76.6 Å². The van der Waals surface area contributed by atoms with Crippen LogP contribution in [0.1, 0.15) is 16.9 Å². The summed E-state index contributed by atoms with van der Waals surface area (Å²) in [5, 5.41) is 9.68. The van der Waals surface area contributed by atoms with E-state index in [0.29, 0.717) is 42.9 Å². The average Bonchev–Trinajstić information content (AvgIpc) is 3.46. The Morgan fingerprint density at radius 1 is 1.09 bits per heavy atom. The van der Waals surface area contributed by atoms with Gasteiger partial charge in [0.05, 0.1) is 48.2 Å². The van der Waals surface area contributed by atoms with Crippen LogP contribution in [-0.4, -0.2) is 36.4 Å². The highest BCUT2D eigenvalue weighted by Gasteiger charge is 2.34. The van der Waals surface area contributed by atoms with Gasteiger partial charge in [0.25, 0.3) is 5.91 Å². The molecule has 10 heteroatoms. The maximum Gasteiger partial charge on any atom is 0.267 e. The lowest BCUT2D eigenvalue weighted by atomic mass is 10.2. The second kappa shape index (κ2) is 10.8. The Bertz CT molecular complexity index is 1290. The summed E-state index contributed by atoms with van der Waals surface area (Å²) in [5.41, 5.74) is 1.40. The zero-order valence-corrected chi connectivity index (χ0v) is 20.5. The normalized spacial score (nSPS) is 16.2. The molecule has 4 rings (SSSR count). The van der Waals surface area contributed by atoms with Gasteiger partial charge in [-0.25, -0.2) is 0 Å². The van der Waals surface area contributed by atoms with Gasteiger partial charge in [-0.1, -0.05) is 35.3 Å². The first kappa shape index (κ1) is 23.9. The van der Waals surface area contributed by atoms with Gasteiger partial charge in [0.1, 0.15) is 5.76 Å². The van der Waals surface area contributed by atoms with E-state index in [1.165, 1.54) is 16.7 Å². The molecular formula is C24H19Cl2N3O4S. The summed E-state index contributed by atoms with van der Waals surface area (Å²) >= 11 is 13.6. The molecule has 34 heavy (non-hydrogen) atoms. The van der Waals surface area contributed by atoms with Gasteiger partial charge >= 0.3 is 0 Å². The van der Waals surface area contributed by atoms with Crippen LogP contribution in [0.2, 0.25) is 10.0 Å². The number of furan rings is 1. The lowest BCUT2D eigenvalue weighted by Crippen LogP contribution is -2.28. The maximum atomic E-state index is 13.2. The number of hydrogen-bond acceptors (Lipinski definition) is 7. The molecule has 0 unspecified atom stereocenters. The molecule has 2 aromatic carbocycles. The Labute approximate surface area is 210 Å². The van der Waals surface area contributed by atoms with E-state index in [-0.39, 0.29) is 12.5 Å². The number of thioether (sulfide) groups is 1. The number of rotatable bonds is 7. The van der Waals surface area contributed by atoms with Crippen molar-refractivity contribution in [2.75, 3.05) is 14.2 Å². The van der Waals surface area contributed by atoms with Gasteiger partial charge in [-0.2, -0.15) is 5.10 Å². The Balaban J connectivity index is 1.64. The first-order valence-corrected chi connectivity index (χ1v) is 11.6. The van der Waals surface area contributed by atoms with Crippen molar-refractivity contribution in [1.82, 2.24) is 4.90 Å². The number of halogens is 2. The fourth-order valence-corrected chi connectivity index (χ4v) is 4.42. The molecule has 1 saturated heterocycles. The third-order valence-electron chi connectivity index (χ3n) is 4.81. The standard InChI is InChI=1S/C24H19Cl2N3O4S/c1-31-19-9-8-15(11-20(19)32-2)13-27-28-24-29(14-17-6-4-10-33-17)23(30)21(34-24)12-16-5-3-7-18(25)22(16)26/h3-13H,14H2,1-2H3/b21-12-,27-13-,28-24+. The van der Waals surface area contributed by atoms with E-state index < -0.39 is 0 Å². The quantitative estimate of drug-likeness (QED) is 0.215. The molecule has 1 aliphatic rings. The molecule has 1 aliphatic heterocycles. The summed E-state index contributed by atoms with van der Waals surface area (Å²) in [6.07, 6.45) is 4.81. The van der Waals surface area contributed by atoms with Crippen molar-refractivity contribution < 1.29 is 18.7 Å². The molecule has 1 fully saturated rings. The summed E-state index contributed by atoms with van der Waals surface area (Å²) in [6, 6.07) is 14.2. The largest absolute Gasteiger partial charge is 0.493 e. The monoisotopic (exact) mass is 515 g/mol. The minimum Gasteiger partial charge on any atom is -0.493 e. The maximum absolute atomic E-state index is 13.2. The fourth-order valence-electron chi connectivity index (χ4n) is 3.13. The van der Waals surface area contributed by atoms with Gasteiger partial charge in [0, 0.05) is 0 Å². The number of methoxy groups -OCH3 is 2. The molecule has 1 aromatic heterocycles. The molecule has 0 saturated carbocycles. The third kappa shape index (κ3) is 5.30. The summed E-state index contributed by atoms with van der Waals surface area (Å²) in [6.45, 7) is 0.212. The molecule has 7 nitrogen and oxygen atoms in total. The highest BCUT2D eigenvalue weighted by atomic mass is 35.5. The summed E-state index contributed by atoms with van der Waals surface area (Å²) < 4.78 is 16.0. The lowest BCUT2D eigenvalue weighted by molar-refractivity contribution is -0.122. The van der Waals surface area contributed by atoms with Crippen LogP contribution in [0.3, 0.4) is 0 Å². The van der Waals surface area contributed by atoms with E-state index in [9.17, 15) is 4.79 Å². The Morgan fingerprint density at radius 2 is 1.91 bits per heavy atom. The number of ether oxygens (including phenoxy) is 2. The molecule has 0 bridgehead atoms. The number of hydrogen-bond donors (Lipinski definition) is 0. The number of amides is 1. The van der Waals surface area contributed by atoms with Crippen LogP contribution >= 0.6 is 35.0 Å². The predicted octanol–water partition coefficient (Wildman–Crippen LogP) is 6.11. The number of amidine groups is 1. The van der Waals surface area contributed by atoms with E-state index in [2.05, 4.69) is 10.2 Å². The first-order chi connectivity index (χ1) is 16.5. The summed E-state index contributed by atoms with van der Waals surface area (Å²) in [4.78, 5) is 15.1. The minimum atomic E-state index is -0.238. The molecule has 0 spiro atoms. The molecule has 2 heterocycles. The van der Waals surface area contributed by atoms with Crippen molar-refractivity contribution in [3.05, 3.63) is 86.6 Å². The second-order valence-electron chi connectivity index (χ2n) is 6.97. The van der Waals surface area contributed by atoms with Gasteiger partial charge in [-0.05, 0) is 65.4 Å². The van der Waals surface area contributed by atoms with Crippen molar-refractivity contribution >= 4 is 58.3 Å². The van der Waals surface area contributed by atoms with Crippen LogP contribution in [0.25, 0.3) is 6.08 Å². The molecule has 174 valence electrons. The molecule has 1 amide bonds. The van der Waals surface area contributed by atoms with Crippen molar-refractivity contribution in [3.63, 3.8) is 0 Å². The van der Waals surface area contributed by atoms with Gasteiger partial charge in [-0.3, -0.25) is 9.69 Å².